The molecule has 0 radical (unpaired) electrons. The van der Waals surface area contributed by atoms with Crippen LogP contribution in [0.4, 0.5) is 4.79 Å². The topological polar surface area (TPSA) is 112 Å². The number of alkyl carbamates (subject to hydrolysis) is 1. The third-order valence-electron chi connectivity index (χ3n) is 11.0. The number of carbonyl (C=O) groups excluding carboxylic acids is 2. The molecule has 0 spiro atoms. The van der Waals surface area contributed by atoms with Crippen LogP contribution in [0.15, 0.2) is 158 Å². The van der Waals surface area contributed by atoms with E-state index in [1.807, 2.05) is 97.2 Å². The fourth-order valence-corrected chi connectivity index (χ4v) is 8.11. The Kier molecular flexibility index (Phi) is 9.15. The van der Waals surface area contributed by atoms with Gasteiger partial charge in [-0.25, -0.2) is 9.78 Å². The third-order valence-corrected chi connectivity index (χ3v) is 11.0. The standard InChI is InChI=1S/C48H41N5O3/c1-48(27-35-28-49-42-22-12-11-17-36(35)42,53-47(55)56-30-41-39-20-9-7-18-37(39)38-19-8-10-21-40(38)41)46(54)52-43(26-31-23-24-32-13-5-6-16-34(32)25-31)45-50-29-44(51-45)33-14-3-2-4-15-33/h2-25,28-29,41,43,49H,26-27,30H2,1H3,(H,50,51)(H,52,54)(H,53,55)/t43-,48?/m1/s1. The molecule has 2 atom stereocenters. The summed E-state index contributed by atoms with van der Waals surface area (Å²) in [6.07, 6.45) is 3.71. The van der Waals surface area contributed by atoms with Crippen LogP contribution in [-0.4, -0.2) is 39.1 Å². The summed E-state index contributed by atoms with van der Waals surface area (Å²) >= 11 is 0. The van der Waals surface area contributed by atoms with E-state index < -0.39 is 17.7 Å². The lowest BCUT2D eigenvalue weighted by Gasteiger charge is -2.31. The van der Waals surface area contributed by atoms with E-state index in [4.69, 9.17) is 9.72 Å². The van der Waals surface area contributed by atoms with Crippen molar-refractivity contribution in [3.63, 3.8) is 0 Å². The van der Waals surface area contributed by atoms with Gasteiger partial charge in [-0.1, -0.05) is 140 Å². The second-order valence-electron chi connectivity index (χ2n) is 14.8. The molecule has 2 aromatic heterocycles. The summed E-state index contributed by atoms with van der Waals surface area (Å²) < 4.78 is 6.01. The van der Waals surface area contributed by atoms with Crippen molar-refractivity contribution in [1.29, 1.82) is 0 Å². The molecule has 56 heavy (non-hydrogen) atoms. The number of benzene rings is 6. The number of imidazole rings is 1. The molecule has 0 fully saturated rings. The highest BCUT2D eigenvalue weighted by Crippen LogP contribution is 2.44. The smallest absolute Gasteiger partial charge is 0.408 e. The van der Waals surface area contributed by atoms with Crippen molar-refractivity contribution in [3.05, 3.63) is 186 Å². The number of aromatic nitrogens is 3. The number of aromatic amines is 2. The summed E-state index contributed by atoms with van der Waals surface area (Å²) in [6.45, 7) is 1.89. The monoisotopic (exact) mass is 735 g/mol. The number of amides is 2. The first-order valence-electron chi connectivity index (χ1n) is 19.0. The minimum Gasteiger partial charge on any atom is -0.449 e. The van der Waals surface area contributed by atoms with Gasteiger partial charge in [-0.15, -0.1) is 0 Å². The van der Waals surface area contributed by atoms with Crippen molar-refractivity contribution in [1.82, 2.24) is 25.6 Å². The van der Waals surface area contributed by atoms with Crippen LogP contribution in [0.1, 0.15) is 47.0 Å². The van der Waals surface area contributed by atoms with Crippen molar-refractivity contribution in [2.45, 2.75) is 37.3 Å². The second kappa shape index (κ2) is 14.7. The fraction of sp³-hybridized carbons (Fsp3) is 0.146. The number of rotatable bonds is 11. The Labute approximate surface area is 325 Å². The van der Waals surface area contributed by atoms with Gasteiger partial charge in [0.05, 0.1) is 17.9 Å². The summed E-state index contributed by atoms with van der Waals surface area (Å²) in [5.74, 6) is 0.131. The molecule has 2 heterocycles. The van der Waals surface area contributed by atoms with Crippen LogP contribution in [0.2, 0.25) is 0 Å². The number of nitrogens with one attached hydrogen (secondary N) is 4. The Morgan fingerprint density at radius 1 is 0.786 bits per heavy atom. The Balaban J connectivity index is 1.02. The Hall–Kier alpha value is -6.93. The second-order valence-corrected chi connectivity index (χ2v) is 14.8. The molecule has 0 aliphatic heterocycles. The minimum absolute atomic E-state index is 0.119. The minimum atomic E-state index is -1.41. The van der Waals surface area contributed by atoms with Gasteiger partial charge in [-0.3, -0.25) is 4.79 Å². The summed E-state index contributed by atoms with van der Waals surface area (Å²) in [7, 11) is 0. The molecule has 1 aliphatic carbocycles. The van der Waals surface area contributed by atoms with Gasteiger partial charge in [0.2, 0.25) is 5.91 Å². The van der Waals surface area contributed by atoms with Crippen LogP contribution in [-0.2, 0) is 22.4 Å². The maximum absolute atomic E-state index is 14.9. The maximum atomic E-state index is 14.9. The normalized spacial score (nSPS) is 13.8. The molecule has 0 saturated heterocycles. The number of H-pyrrole nitrogens is 2. The average Bonchev–Trinajstić information content (AvgIpc) is 3.97. The van der Waals surface area contributed by atoms with Crippen LogP contribution in [0.5, 0.6) is 0 Å². The van der Waals surface area contributed by atoms with Crippen molar-refractivity contribution in [3.8, 4) is 22.4 Å². The summed E-state index contributed by atoms with van der Waals surface area (Å²) in [6, 6.07) is 48.4. The van der Waals surface area contributed by atoms with Gasteiger partial charge in [0.25, 0.3) is 0 Å². The Morgan fingerprint density at radius 2 is 1.46 bits per heavy atom. The van der Waals surface area contributed by atoms with Crippen molar-refractivity contribution >= 4 is 33.7 Å². The van der Waals surface area contributed by atoms with Crippen LogP contribution >= 0.6 is 0 Å². The average molecular weight is 736 g/mol. The molecule has 8 aromatic rings. The van der Waals surface area contributed by atoms with Crippen molar-refractivity contribution in [2.75, 3.05) is 6.61 Å². The summed E-state index contributed by atoms with van der Waals surface area (Å²) in [4.78, 5) is 40.4. The fourth-order valence-electron chi connectivity index (χ4n) is 8.11. The van der Waals surface area contributed by atoms with E-state index in [0.29, 0.717) is 12.2 Å². The first-order valence-corrected chi connectivity index (χ1v) is 19.0. The van der Waals surface area contributed by atoms with Gasteiger partial charge in [0.15, 0.2) is 0 Å². The highest BCUT2D eigenvalue weighted by molar-refractivity contribution is 5.92. The lowest BCUT2D eigenvalue weighted by atomic mass is 9.90. The quantitative estimate of drug-likeness (QED) is 0.106. The summed E-state index contributed by atoms with van der Waals surface area (Å²) in [5, 5.41) is 9.57. The van der Waals surface area contributed by atoms with Gasteiger partial charge in [0.1, 0.15) is 18.0 Å². The molecule has 2 amide bonds. The number of para-hydroxylation sites is 1. The molecule has 1 aliphatic rings. The van der Waals surface area contributed by atoms with Crippen LogP contribution < -0.4 is 10.6 Å². The number of hydrogen-bond donors (Lipinski definition) is 4. The zero-order chi connectivity index (χ0) is 38.1. The molecule has 8 heteroatoms. The predicted molar refractivity (Wildman–Crippen MR) is 221 cm³/mol. The molecule has 0 bridgehead atoms. The van der Waals surface area contributed by atoms with Crippen LogP contribution in [0, 0.1) is 0 Å². The van der Waals surface area contributed by atoms with Gasteiger partial charge in [0, 0.05) is 29.4 Å². The highest BCUT2D eigenvalue weighted by atomic mass is 16.5. The van der Waals surface area contributed by atoms with Gasteiger partial charge < -0.3 is 25.3 Å². The zero-order valence-electron chi connectivity index (χ0n) is 31.0. The molecule has 8 nitrogen and oxygen atoms in total. The van der Waals surface area contributed by atoms with E-state index in [2.05, 4.69) is 75.2 Å². The molecule has 9 rings (SSSR count). The summed E-state index contributed by atoms with van der Waals surface area (Å²) in [5.41, 5.74) is 7.82. The maximum Gasteiger partial charge on any atom is 0.408 e. The van der Waals surface area contributed by atoms with E-state index in [9.17, 15) is 9.59 Å². The van der Waals surface area contributed by atoms with Gasteiger partial charge in [-0.05, 0) is 69.1 Å². The SMILES string of the molecule is CC(Cc1c[nH]c2ccccc12)(NC(=O)OCC1c2ccccc2-c2ccccc21)C(=O)N[C@H](Cc1ccc2ccccc2c1)c1ncc(-c2ccccc2)[nH]1. The lowest BCUT2D eigenvalue weighted by Crippen LogP contribution is -2.59. The lowest BCUT2D eigenvalue weighted by molar-refractivity contribution is -0.127. The molecule has 4 N–H and O–H groups in total. The van der Waals surface area contributed by atoms with E-state index in [1.54, 1.807) is 13.1 Å². The van der Waals surface area contributed by atoms with Crippen molar-refractivity contribution < 1.29 is 14.3 Å². The number of hydrogen-bond acceptors (Lipinski definition) is 4. The molecule has 6 aromatic carbocycles. The number of carbonyl (C=O) groups is 2. The zero-order valence-corrected chi connectivity index (χ0v) is 31.0. The van der Waals surface area contributed by atoms with Crippen LogP contribution in [0.3, 0.4) is 0 Å². The van der Waals surface area contributed by atoms with Gasteiger partial charge in [-0.2, -0.15) is 0 Å². The number of ether oxygens (including phenoxy) is 1. The van der Waals surface area contributed by atoms with E-state index in [-0.39, 0.29) is 24.9 Å². The van der Waals surface area contributed by atoms with Crippen molar-refractivity contribution in [2.24, 2.45) is 0 Å². The van der Waals surface area contributed by atoms with E-state index in [0.717, 1.165) is 66.3 Å². The van der Waals surface area contributed by atoms with E-state index >= 15 is 0 Å². The molecule has 1 unspecified atom stereocenters. The largest absolute Gasteiger partial charge is 0.449 e. The Morgan fingerprint density at radius 3 is 2.25 bits per heavy atom. The van der Waals surface area contributed by atoms with Gasteiger partial charge >= 0.3 is 6.09 Å². The Bertz CT molecular complexity index is 2650. The first-order chi connectivity index (χ1) is 27.4. The predicted octanol–water partition coefficient (Wildman–Crippen LogP) is 9.65. The first kappa shape index (κ1) is 34.8. The van der Waals surface area contributed by atoms with Crippen LogP contribution in [0.25, 0.3) is 44.1 Å². The molecular weight excluding hydrogens is 695 g/mol. The number of fused-ring (bicyclic) bond motifs is 5. The third kappa shape index (κ3) is 6.82. The molecule has 276 valence electrons. The number of nitrogens with zero attached hydrogens (tertiary/aromatic N) is 1. The molecule has 0 saturated carbocycles. The molecular formula is C48H41N5O3. The highest BCUT2D eigenvalue weighted by Gasteiger charge is 2.39. The van der Waals surface area contributed by atoms with E-state index in [1.165, 1.54) is 0 Å².